The van der Waals surface area contributed by atoms with E-state index in [-0.39, 0.29) is 0 Å². The maximum Gasteiger partial charge on any atom is 0.0462 e. The maximum absolute atomic E-state index is 5.08. The van der Waals surface area contributed by atoms with Gasteiger partial charge in [-0.3, -0.25) is 0 Å². The number of hydrogen-bond acceptors (Lipinski definition) is 3. The van der Waals surface area contributed by atoms with Crippen LogP contribution >= 0.6 is 0 Å². The van der Waals surface area contributed by atoms with Gasteiger partial charge in [-0.05, 0) is 24.8 Å². The molecule has 3 nitrogen and oxygen atoms in total. The van der Waals surface area contributed by atoms with Crippen LogP contribution in [0.2, 0.25) is 0 Å². The molecule has 0 aromatic heterocycles. The van der Waals surface area contributed by atoms with E-state index in [4.69, 9.17) is 4.74 Å². The molecule has 0 aromatic carbocycles. The van der Waals surface area contributed by atoms with E-state index in [0.717, 1.165) is 13.2 Å². The lowest BCUT2D eigenvalue weighted by Crippen LogP contribution is -2.55. The Bertz CT molecular complexity index is 189. The largest absolute Gasteiger partial charge is 0.385 e. The third-order valence-corrected chi connectivity index (χ3v) is 3.38. The van der Waals surface area contributed by atoms with Gasteiger partial charge >= 0.3 is 0 Å². The maximum atomic E-state index is 5.08. The molecule has 3 heteroatoms. The van der Waals surface area contributed by atoms with Crippen LogP contribution in [0.1, 0.15) is 33.6 Å². The van der Waals surface area contributed by atoms with Crippen LogP contribution in [0.5, 0.6) is 0 Å². The van der Waals surface area contributed by atoms with Gasteiger partial charge in [-0.25, -0.2) is 0 Å². The fourth-order valence-corrected chi connectivity index (χ4v) is 2.18. The molecule has 0 spiro atoms. The molecule has 1 aliphatic heterocycles. The zero-order chi connectivity index (χ0) is 12.0. The van der Waals surface area contributed by atoms with Gasteiger partial charge in [0, 0.05) is 39.4 Å². The van der Waals surface area contributed by atoms with Crippen LogP contribution in [0.4, 0.5) is 0 Å². The fraction of sp³-hybridized carbons (Fsp3) is 1.00. The fourth-order valence-electron chi connectivity index (χ4n) is 2.18. The molecule has 16 heavy (non-hydrogen) atoms. The second-order valence-corrected chi connectivity index (χ2v) is 5.87. The van der Waals surface area contributed by atoms with Gasteiger partial charge in [0.05, 0.1) is 0 Å². The highest BCUT2D eigenvalue weighted by atomic mass is 16.5. The minimum Gasteiger partial charge on any atom is -0.385 e. The first-order valence-corrected chi connectivity index (χ1v) is 6.48. The number of ether oxygens (including phenoxy) is 1. The van der Waals surface area contributed by atoms with Crippen LogP contribution in [0.3, 0.4) is 0 Å². The molecule has 1 N–H and O–H groups in total. The van der Waals surface area contributed by atoms with E-state index in [1.54, 1.807) is 7.11 Å². The van der Waals surface area contributed by atoms with Crippen LogP contribution in [0.15, 0.2) is 0 Å². The summed E-state index contributed by atoms with van der Waals surface area (Å²) in [5, 5.41) is 3.62. The summed E-state index contributed by atoms with van der Waals surface area (Å²) in [7, 11) is 1.78. The minimum absolute atomic E-state index is 0.366. The van der Waals surface area contributed by atoms with Gasteiger partial charge in [-0.15, -0.1) is 0 Å². The standard InChI is InChI=1S/C13H28N2O/c1-13(2,3)12-11-15(9-7-14-12)8-5-6-10-16-4/h12,14H,5-11H2,1-4H3. The SMILES string of the molecule is COCCCCN1CCNC(C(C)(C)C)C1. The van der Waals surface area contributed by atoms with E-state index < -0.39 is 0 Å². The average molecular weight is 228 g/mol. The van der Waals surface area contributed by atoms with E-state index in [9.17, 15) is 0 Å². The Balaban J connectivity index is 2.23. The molecule has 1 rings (SSSR count). The number of nitrogens with zero attached hydrogens (tertiary/aromatic N) is 1. The quantitative estimate of drug-likeness (QED) is 0.725. The van der Waals surface area contributed by atoms with Gasteiger partial charge in [0.15, 0.2) is 0 Å². The summed E-state index contributed by atoms with van der Waals surface area (Å²) in [6.07, 6.45) is 2.44. The summed E-state index contributed by atoms with van der Waals surface area (Å²) in [6, 6.07) is 0.628. The Morgan fingerprint density at radius 1 is 1.31 bits per heavy atom. The van der Waals surface area contributed by atoms with Crippen molar-refractivity contribution in [1.29, 1.82) is 0 Å². The molecule has 0 bridgehead atoms. The lowest BCUT2D eigenvalue weighted by Gasteiger charge is -2.40. The average Bonchev–Trinajstić information content (AvgIpc) is 2.24. The van der Waals surface area contributed by atoms with Gasteiger partial charge in [0.1, 0.15) is 0 Å². The monoisotopic (exact) mass is 228 g/mol. The first-order valence-electron chi connectivity index (χ1n) is 6.48. The summed E-state index contributed by atoms with van der Waals surface area (Å²) >= 11 is 0. The first kappa shape index (κ1) is 13.9. The van der Waals surface area contributed by atoms with Gasteiger partial charge in [0.25, 0.3) is 0 Å². The number of hydrogen-bond donors (Lipinski definition) is 1. The second-order valence-electron chi connectivity index (χ2n) is 5.87. The van der Waals surface area contributed by atoms with E-state index in [1.807, 2.05) is 0 Å². The number of piperazine rings is 1. The molecular weight excluding hydrogens is 200 g/mol. The highest BCUT2D eigenvalue weighted by molar-refractivity contribution is 4.87. The summed E-state index contributed by atoms with van der Waals surface area (Å²) < 4.78 is 5.08. The summed E-state index contributed by atoms with van der Waals surface area (Å²) in [4.78, 5) is 2.59. The zero-order valence-electron chi connectivity index (χ0n) is 11.4. The van der Waals surface area contributed by atoms with Gasteiger partial charge in [-0.1, -0.05) is 20.8 Å². The van der Waals surface area contributed by atoms with Crippen molar-refractivity contribution in [3.05, 3.63) is 0 Å². The molecule has 1 aliphatic rings. The molecule has 0 radical (unpaired) electrons. The summed E-state index contributed by atoms with van der Waals surface area (Å²) in [5.74, 6) is 0. The molecule has 1 atom stereocenters. The van der Waals surface area contributed by atoms with Crippen LogP contribution in [0, 0.1) is 5.41 Å². The lowest BCUT2D eigenvalue weighted by molar-refractivity contribution is 0.127. The highest BCUT2D eigenvalue weighted by Crippen LogP contribution is 2.21. The molecular formula is C13H28N2O. The van der Waals surface area contributed by atoms with Crippen molar-refractivity contribution in [3.8, 4) is 0 Å². The molecule has 1 unspecified atom stereocenters. The van der Waals surface area contributed by atoms with Crippen molar-refractivity contribution >= 4 is 0 Å². The Labute approximate surface area is 101 Å². The normalized spacial score (nSPS) is 23.6. The Morgan fingerprint density at radius 2 is 2.06 bits per heavy atom. The first-order chi connectivity index (χ1) is 7.54. The van der Waals surface area contributed by atoms with Gasteiger partial charge < -0.3 is 15.0 Å². The van der Waals surface area contributed by atoms with Crippen LogP contribution in [-0.4, -0.2) is 50.8 Å². The summed E-state index contributed by atoms with van der Waals surface area (Å²) in [6.45, 7) is 12.6. The van der Waals surface area contributed by atoms with E-state index in [0.29, 0.717) is 11.5 Å². The van der Waals surface area contributed by atoms with E-state index in [2.05, 4.69) is 31.0 Å². The smallest absolute Gasteiger partial charge is 0.0462 e. The van der Waals surface area contributed by atoms with Crippen molar-refractivity contribution in [2.45, 2.75) is 39.7 Å². The molecule has 1 fully saturated rings. The minimum atomic E-state index is 0.366. The molecule has 0 saturated carbocycles. The molecule has 0 aliphatic carbocycles. The lowest BCUT2D eigenvalue weighted by atomic mass is 9.85. The second kappa shape index (κ2) is 6.58. The molecule has 0 amide bonds. The number of methoxy groups -OCH3 is 1. The van der Waals surface area contributed by atoms with Crippen molar-refractivity contribution in [3.63, 3.8) is 0 Å². The van der Waals surface area contributed by atoms with Crippen LogP contribution < -0.4 is 5.32 Å². The number of rotatable bonds is 5. The topological polar surface area (TPSA) is 24.5 Å². The molecule has 96 valence electrons. The highest BCUT2D eigenvalue weighted by Gasteiger charge is 2.28. The Kier molecular flexibility index (Phi) is 5.73. The van der Waals surface area contributed by atoms with Crippen molar-refractivity contribution < 1.29 is 4.74 Å². The molecule has 1 heterocycles. The molecule has 1 saturated heterocycles. The Hall–Kier alpha value is -0.120. The van der Waals surface area contributed by atoms with Gasteiger partial charge in [-0.2, -0.15) is 0 Å². The number of unbranched alkanes of at least 4 members (excludes halogenated alkanes) is 1. The van der Waals surface area contributed by atoms with Crippen molar-refractivity contribution in [2.24, 2.45) is 5.41 Å². The van der Waals surface area contributed by atoms with E-state index >= 15 is 0 Å². The third-order valence-electron chi connectivity index (χ3n) is 3.38. The molecule has 0 aromatic rings. The van der Waals surface area contributed by atoms with E-state index in [1.165, 1.54) is 32.5 Å². The van der Waals surface area contributed by atoms with Crippen LogP contribution in [0.25, 0.3) is 0 Å². The zero-order valence-corrected chi connectivity index (χ0v) is 11.4. The Morgan fingerprint density at radius 3 is 2.69 bits per heavy atom. The summed E-state index contributed by atoms with van der Waals surface area (Å²) in [5.41, 5.74) is 0.366. The third kappa shape index (κ3) is 4.81. The predicted molar refractivity (Wildman–Crippen MR) is 68.8 cm³/mol. The van der Waals surface area contributed by atoms with Crippen molar-refractivity contribution in [1.82, 2.24) is 10.2 Å². The van der Waals surface area contributed by atoms with Crippen LogP contribution in [-0.2, 0) is 4.74 Å². The van der Waals surface area contributed by atoms with Crippen molar-refractivity contribution in [2.75, 3.05) is 39.9 Å². The predicted octanol–water partition coefficient (Wildman–Crippen LogP) is 1.73. The number of nitrogens with one attached hydrogen (secondary N) is 1. The van der Waals surface area contributed by atoms with Gasteiger partial charge in [0.2, 0.25) is 0 Å².